The molecule has 4 rings (SSSR count). The van der Waals surface area contributed by atoms with Gasteiger partial charge in [-0.25, -0.2) is 0 Å². The minimum absolute atomic E-state index is 0.0302. The van der Waals surface area contributed by atoms with Gasteiger partial charge in [-0.2, -0.15) is 13.2 Å². The summed E-state index contributed by atoms with van der Waals surface area (Å²) in [5.74, 6) is -1.23. The monoisotopic (exact) mass is 516 g/mol. The van der Waals surface area contributed by atoms with Crippen LogP contribution in [0.2, 0.25) is 0 Å². The van der Waals surface area contributed by atoms with Gasteiger partial charge >= 0.3 is 6.18 Å². The number of amides is 3. The third-order valence-corrected chi connectivity index (χ3v) is 7.00. The molecule has 1 heterocycles. The lowest BCUT2D eigenvalue weighted by Gasteiger charge is -2.38. The SMILES string of the molecule is O=C(CNC(=O)c1cccc(C(F)(F)F)c1)NC1CCN([C@H]2CCCCC2NC(=O)c2ccccc2)C1. The van der Waals surface area contributed by atoms with Gasteiger partial charge in [0.1, 0.15) is 0 Å². The van der Waals surface area contributed by atoms with Crippen molar-refractivity contribution in [3.8, 4) is 0 Å². The molecule has 2 aromatic rings. The Morgan fingerprint density at radius 2 is 1.59 bits per heavy atom. The molecule has 1 saturated carbocycles. The number of benzene rings is 2. The van der Waals surface area contributed by atoms with Gasteiger partial charge in [-0.15, -0.1) is 0 Å². The van der Waals surface area contributed by atoms with Crippen LogP contribution in [-0.2, 0) is 11.0 Å². The summed E-state index contributed by atoms with van der Waals surface area (Å²) in [6.45, 7) is 1.09. The number of halogens is 3. The first kappa shape index (κ1) is 26.7. The van der Waals surface area contributed by atoms with Crippen molar-refractivity contribution < 1.29 is 27.6 Å². The summed E-state index contributed by atoms with van der Waals surface area (Å²) in [7, 11) is 0. The van der Waals surface area contributed by atoms with E-state index in [1.165, 1.54) is 6.07 Å². The van der Waals surface area contributed by atoms with Gasteiger partial charge in [-0.05, 0) is 49.6 Å². The van der Waals surface area contributed by atoms with E-state index >= 15 is 0 Å². The molecule has 37 heavy (non-hydrogen) atoms. The average Bonchev–Trinajstić information content (AvgIpc) is 3.35. The molecule has 198 valence electrons. The van der Waals surface area contributed by atoms with Crippen molar-refractivity contribution in [1.29, 1.82) is 0 Å². The molecule has 3 N–H and O–H groups in total. The molecule has 1 aliphatic carbocycles. The Hall–Kier alpha value is -3.40. The average molecular weight is 517 g/mol. The van der Waals surface area contributed by atoms with Gasteiger partial charge < -0.3 is 16.0 Å². The Morgan fingerprint density at radius 1 is 0.865 bits per heavy atom. The first-order valence-corrected chi connectivity index (χ1v) is 12.6. The first-order chi connectivity index (χ1) is 17.7. The zero-order valence-electron chi connectivity index (χ0n) is 20.4. The normalized spacial score (nSPS) is 22.3. The van der Waals surface area contributed by atoms with Gasteiger partial charge in [0.05, 0.1) is 12.1 Å². The van der Waals surface area contributed by atoms with Crippen molar-refractivity contribution in [2.45, 2.75) is 56.4 Å². The second-order valence-corrected chi connectivity index (χ2v) is 9.61. The summed E-state index contributed by atoms with van der Waals surface area (Å²) in [4.78, 5) is 39.7. The number of rotatable bonds is 7. The standard InChI is InChI=1S/C27H31F3N4O3/c28-27(29,30)20-10-6-9-19(15-20)25(36)31-16-24(35)32-21-13-14-34(17-21)23-12-5-4-11-22(23)33-26(37)18-7-2-1-3-8-18/h1-3,6-10,15,21-23H,4-5,11-14,16-17H2,(H,31,36)(H,32,35)(H,33,37)/t21?,22?,23-/m0/s1. The van der Waals surface area contributed by atoms with Crippen molar-refractivity contribution in [2.24, 2.45) is 0 Å². The van der Waals surface area contributed by atoms with Gasteiger partial charge in [-0.1, -0.05) is 37.1 Å². The van der Waals surface area contributed by atoms with Crippen LogP contribution in [0, 0.1) is 0 Å². The number of carbonyl (C=O) groups excluding carboxylic acids is 3. The summed E-state index contributed by atoms with van der Waals surface area (Å²) in [5.41, 5.74) is -0.447. The summed E-state index contributed by atoms with van der Waals surface area (Å²) < 4.78 is 38.6. The maximum absolute atomic E-state index is 12.9. The molecule has 0 spiro atoms. The molecule has 1 saturated heterocycles. The van der Waals surface area contributed by atoms with Crippen LogP contribution < -0.4 is 16.0 Å². The second kappa shape index (κ2) is 11.8. The van der Waals surface area contributed by atoms with E-state index in [1.807, 2.05) is 18.2 Å². The molecule has 3 amide bonds. The van der Waals surface area contributed by atoms with E-state index in [2.05, 4.69) is 20.9 Å². The largest absolute Gasteiger partial charge is 0.416 e. The molecule has 0 aromatic heterocycles. The lowest BCUT2D eigenvalue weighted by atomic mass is 9.89. The fraction of sp³-hybridized carbons (Fsp3) is 0.444. The van der Waals surface area contributed by atoms with Crippen molar-refractivity contribution in [2.75, 3.05) is 19.6 Å². The number of likely N-dealkylation sites (tertiary alicyclic amines) is 1. The molecule has 3 atom stereocenters. The molecule has 1 aliphatic heterocycles. The van der Waals surface area contributed by atoms with Gasteiger partial charge in [0.15, 0.2) is 0 Å². The van der Waals surface area contributed by atoms with Crippen LogP contribution in [0.3, 0.4) is 0 Å². The molecule has 2 aromatic carbocycles. The third-order valence-electron chi connectivity index (χ3n) is 7.00. The molecule has 2 fully saturated rings. The molecule has 2 unspecified atom stereocenters. The molecule has 10 heteroatoms. The van der Waals surface area contributed by atoms with Crippen LogP contribution in [0.4, 0.5) is 13.2 Å². The maximum Gasteiger partial charge on any atom is 0.416 e. The fourth-order valence-corrected chi connectivity index (χ4v) is 5.14. The number of hydrogen-bond donors (Lipinski definition) is 3. The molecule has 0 radical (unpaired) electrons. The highest BCUT2D eigenvalue weighted by Crippen LogP contribution is 2.29. The van der Waals surface area contributed by atoms with Crippen LogP contribution in [0.15, 0.2) is 54.6 Å². The first-order valence-electron chi connectivity index (χ1n) is 12.6. The topological polar surface area (TPSA) is 90.5 Å². The minimum Gasteiger partial charge on any atom is -0.350 e. The lowest BCUT2D eigenvalue weighted by molar-refractivity contribution is -0.137. The fourth-order valence-electron chi connectivity index (χ4n) is 5.14. The van der Waals surface area contributed by atoms with Crippen LogP contribution >= 0.6 is 0 Å². The van der Waals surface area contributed by atoms with E-state index in [-0.39, 0.29) is 36.1 Å². The van der Waals surface area contributed by atoms with Gasteiger partial charge in [0.25, 0.3) is 11.8 Å². The third kappa shape index (κ3) is 7.09. The molecule has 7 nitrogen and oxygen atoms in total. The highest BCUT2D eigenvalue weighted by Gasteiger charge is 2.36. The highest BCUT2D eigenvalue weighted by atomic mass is 19.4. The quantitative estimate of drug-likeness (QED) is 0.527. The predicted molar refractivity (Wildman–Crippen MR) is 132 cm³/mol. The zero-order chi connectivity index (χ0) is 26.4. The van der Waals surface area contributed by atoms with Crippen LogP contribution in [0.1, 0.15) is 58.4 Å². The second-order valence-electron chi connectivity index (χ2n) is 9.61. The number of alkyl halides is 3. The predicted octanol–water partition coefficient (Wildman–Crippen LogP) is 3.37. The van der Waals surface area contributed by atoms with Crippen molar-refractivity contribution in [1.82, 2.24) is 20.9 Å². The van der Waals surface area contributed by atoms with Crippen molar-refractivity contribution in [3.63, 3.8) is 0 Å². The number of hydrogen-bond acceptors (Lipinski definition) is 4. The maximum atomic E-state index is 12.9. The van der Waals surface area contributed by atoms with Gasteiger partial charge in [0, 0.05) is 42.3 Å². The summed E-state index contributed by atoms with van der Waals surface area (Å²) in [6.07, 6.45) is 0.186. The van der Waals surface area contributed by atoms with Crippen molar-refractivity contribution in [3.05, 3.63) is 71.3 Å². The van der Waals surface area contributed by atoms with E-state index in [1.54, 1.807) is 12.1 Å². The zero-order valence-corrected chi connectivity index (χ0v) is 20.4. The molecule has 0 bridgehead atoms. The molecular formula is C27H31F3N4O3. The van der Waals surface area contributed by atoms with Crippen LogP contribution in [-0.4, -0.2) is 60.4 Å². The van der Waals surface area contributed by atoms with Crippen molar-refractivity contribution >= 4 is 17.7 Å². The lowest BCUT2D eigenvalue weighted by Crippen LogP contribution is -2.53. The van der Waals surface area contributed by atoms with E-state index in [9.17, 15) is 27.6 Å². The Morgan fingerprint density at radius 3 is 2.35 bits per heavy atom. The molecular weight excluding hydrogens is 485 g/mol. The van der Waals surface area contributed by atoms with Gasteiger partial charge in [0.2, 0.25) is 5.91 Å². The summed E-state index contributed by atoms with van der Waals surface area (Å²) in [5, 5.41) is 8.49. The number of nitrogens with zero attached hydrogens (tertiary/aromatic N) is 1. The van der Waals surface area contributed by atoms with E-state index < -0.39 is 23.6 Å². The van der Waals surface area contributed by atoms with Gasteiger partial charge in [-0.3, -0.25) is 19.3 Å². The minimum atomic E-state index is -4.55. The smallest absolute Gasteiger partial charge is 0.350 e. The Labute approximate surface area is 213 Å². The summed E-state index contributed by atoms with van der Waals surface area (Å²) >= 11 is 0. The number of carbonyl (C=O) groups is 3. The Bertz CT molecular complexity index is 1110. The van der Waals surface area contributed by atoms with E-state index in [0.717, 1.165) is 56.8 Å². The van der Waals surface area contributed by atoms with E-state index in [0.29, 0.717) is 12.1 Å². The van der Waals surface area contributed by atoms with Crippen LogP contribution in [0.5, 0.6) is 0 Å². The Kier molecular flexibility index (Phi) is 8.48. The summed E-state index contributed by atoms with van der Waals surface area (Å²) in [6, 6.07) is 13.3. The van der Waals surface area contributed by atoms with Crippen LogP contribution in [0.25, 0.3) is 0 Å². The van der Waals surface area contributed by atoms with E-state index in [4.69, 9.17) is 0 Å². The Balaban J connectivity index is 1.26. The highest BCUT2D eigenvalue weighted by molar-refractivity contribution is 5.96. The molecule has 2 aliphatic rings. The number of nitrogens with one attached hydrogen (secondary N) is 3.